The molecule has 3 rings (SSSR count). The number of hydrogen-bond acceptors (Lipinski definition) is 3. The smallest absolute Gasteiger partial charge is 0.161 e. The Balaban J connectivity index is 1.41. The van der Waals surface area contributed by atoms with Crippen LogP contribution in [0.3, 0.4) is 0 Å². The van der Waals surface area contributed by atoms with Crippen molar-refractivity contribution in [1.82, 2.24) is 0 Å². The van der Waals surface area contributed by atoms with Gasteiger partial charge < -0.3 is 19.5 Å². The van der Waals surface area contributed by atoms with Gasteiger partial charge in [0.1, 0.15) is 19.3 Å². The number of quaternary nitrogens is 1. The highest BCUT2D eigenvalue weighted by atomic mass is 16.5. The lowest BCUT2D eigenvalue weighted by atomic mass is 9.90. The minimum atomic E-state index is -0.478. The SMILES string of the molecule is C=CCc1ccc(OC[C@H](O)C[NH+]2CCC(Cc3ccccc3)CC2)c(OC)c1. The third-order valence-corrected chi connectivity index (χ3v) is 5.74. The average Bonchev–Trinajstić information content (AvgIpc) is 2.75. The molecule has 1 heterocycles. The van der Waals surface area contributed by atoms with Crippen LogP contribution in [-0.4, -0.2) is 44.6 Å². The standard InChI is InChI=1S/C25H33NO3/c1-3-7-20-10-11-24(25(17-20)28-2)29-19-23(27)18-26-14-12-22(13-15-26)16-21-8-5-4-6-9-21/h3-6,8-11,17,22-23,27H,1,7,12-16,18-19H2,2H3/p+1/t23-/m1/s1. The molecule has 0 unspecified atom stereocenters. The highest BCUT2D eigenvalue weighted by Gasteiger charge is 2.24. The molecule has 1 atom stereocenters. The van der Waals surface area contributed by atoms with E-state index in [1.165, 1.54) is 29.7 Å². The molecule has 0 spiro atoms. The van der Waals surface area contributed by atoms with Crippen LogP contribution in [0.5, 0.6) is 11.5 Å². The van der Waals surface area contributed by atoms with Crippen molar-refractivity contribution in [3.05, 3.63) is 72.3 Å². The monoisotopic (exact) mass is 396 g/mol. The quantitative estimate of drug-likeness (QED) is 0.607. The van der Waals surface area contributed by atoms with E-state index in [9.17, 15) is 5.11 Å². The lowest BCUT2D eigenvalue weighted by Gasteiger charge is -2.30. The fourth-order valence-corrected chi connectivity index (χ4v) is 4.14. The molecule has 0 aliphatic carbocycles. The molecule has 1 aliphatic rings. The molecular weight excluding hydrogens is 362 g/mol. The molecule has 2 N–H and O–H groups in total. The Morgan fingerprint density at radius 2 is 1.86 bits per heavy atom. The van der Waals surface area contributed by atoms with E-state index in [4.69, 9.17) is 9.47 Å². The fourth-order valence-electron chi connectivity index (χ4n) is 4.14. The lowest BCUT2D eigenvalue weighted by Crippen LogP contribution is -3.14. The summed E-state index contributed by atoms with van der Waals surface area (Å²) in [5, 5.41) is 10.5. The van der Waals surface area contributed by atoms with E-state index in [1.807, 2.05) is 24.3 Å². The maximum Gasteiger partial charge on any atom is 0.161 e. The minimum absolute atomic E-state index is 0.286. The van der Waals surface area contributed by atoms with Gasteiger partial charge in [0, 0.05) is 0 Å². The predicted octanol–water partition coefficient (Wildman–Crippen LogP) is 2.70. The van der Waals surface area contributed by atoms with E-state index in [-0.39, 0.29) is 6.61 Å². The molecule has 0 aromatic heterocycles. The van der Waals surface area contributed by atoms with Gasteiger partial charge in [-0.2, -0.15) is 0 Å². The van der Waals surface area contributed by atoms with Crippen LogP contribution in [0, 0.1) is 5.92 Å². The minimum Gasteiger partial charge on any atom is -0.493 e. The fraction of sp³-hybridized carbons (Fsp3) is 0.440. The van der Waals surface area contributed by atoms with Gasteiger partial charge in [-0.1, -0.05) is 42.5 Å². The van der Waals surface area contributed by atoms with Crippen molar-refractivity contribution in [2.45, 2.75) is 31.8 Å². The van der Waals surface area contributed by atoms with E-state index >= 15 is 0 Å². The molecule has 4 heteroatoms. The van der Waals surface area contributed by atoms with Crippen molar-refractivity contribution in [3.8, 4) is 11.5 Å². The van der Waals surface area contributed by atoms with Crippen LogP contribution in [0.25, 0.3) is 0 Å². The zero-order chi connectivity index (χ0) is 20.5. The van der Waals surface area contributed by atoms with Crippen molar-refractivity contribution < 1.29 is 19.5 Å². The van der Waals surface area contributed by atoms with E-state index in [0.29, 0.717) is 11.5 Å². The summed E-state index contributed by atoms with van der Waals surface area (Å²) in [4.78, 5) is 1.47. The second-order valence-corrected chi connectivity index (χ2v) is 8.03. The number of rotatable bonds is 10. The molecule has 2 aromatic carbocycles. The molecule has 0 amide bonds. The Morgan fingerprint density at radius 1 is 1.10 bits per heavy atom. The molecule has 1 saturated heterocycles. The summed E-state index contributed by atoms with van der Waals surface area (Å²) in [6.45, 7) is 7.02. The third kappa shape index (κ3) is 6.62. The summed E-state index contributed by atoms with van der Waals surface area (Å²) in [5.41, 5.74) is 2.56. The van der Waals surface area contributed by atoms with Crippen LogP contribution in [0.15, 0.2) is 61.2 Å². The molecule has 0 saturated carbocycles. The van der Waals surface area contributed by atoms with Crippen LogP contribution in [0.1, 0.15) is 24.0 Å². The summed E-state index contributed by atoms with van der Waals surface area (Å²) in [6, 6.07) is 16.6. The summed E-state index contributed by atoms with van der Waals surface area (Å²) >= 11 is 0. The summed E-state index contributed by atoms with van der Waals surface area (Å²) in [6.07, 6.45) is 5.79. The van der Waals surface area contributed by atoms with Gasteiger partial charge in [0.25, 0.3) is 0 Å². The molecule has 2 aromatic rings. The van der Waals surface area contributed by atoms with Gasteiger partial charge >= 0.3 is 0 Å². The highest BCUT2D eigenvalue weighted by molar-refractivity contribution is 5.43. The second-order valence-electron chi connectivity index (χ2n) is 8.03. The van der Waals surface area contributed by atoms with E-state index in [1.54, 1.807) is 7.11 Å². The number of methoxy groups -OCH3 is 1. The highest BCUT2D eigenvalue weighted by Crippen LogP contribution is 2.28. The molecule has 0 radical (unpaired) electrons. The van der Waals surface area contributed by atoms with Crippen molar-refractivity contribution >= 4 is 0 Å². The number of hydrogen-bond donors (Lipinski definition) is 2. The van der Waals surface area contributed by atoms with Gasteiger partial charge in [-0.05, 0) is 54.9 Å². The number of piperidine rings is 1. The number of likely N-dealkylation sites (tertiary alicyclic amines) is 1. The topological polar surface area (TPSA) is 43.1 Å². The molecule has 0 bridgehead atoms. The Morgan fingerprint density at radius 3 is 2.55 bits per heavy atom. The number of aliphatic hydroxyl groups is 1. The normalized spacial score (nSPS) is 20.1. The maximum atomic E-state index is 10.5. The Hall–Kier alpha value is -2.30. The zero-order valence-corrected chi connectivity index (χ0v) is 17.5. The van der Waals surface area contributed by atoms with Crippen molar-refractivity contribution in [2.75, 3.05) is 33.4 Å². The Labute approximate surface area is 174 Å². The Kier molecular flexibility index (Phi) is 8.14. The number of ether oxygens (including phenoxy) is 2. The average molecular weight is 397 g/mol. The van der Waals surface area contributed by atoms with Crippen LogP contribution in [-0.2, 0) is 12.8 Å². The van der Waals surface area contributed by atoms with Crippen molar-refractivity contribution in [2.24, 2.45) is 5.92 Å². The largest absolute Gasteiger partial charge is 0.493 e. The molecule has 1 fully saturated rings. The summed E-state index contributed by atoms with van der Waals surface area (Å²) in [7, 11) is 1.64. The summed E-state index contributed by atoms with van der Waals surface area (Å²) < 4.78 is 11.3. The van der Waals surface area contributed by atoms with E-state index in [0.717, 1.165) is 37.5 Å². The van der Waals surface area contributed by atoms with Gasteiger partial charge in [0.05, 0.1) is 20.2 Å². The third-order valence-electron chi connectivity index (χ3n) is 5.74. The van der Waals surface area contributed by atoms with Gasteiger partial charge in [0.15, 0.2) is 11.5 Å². The van der Waals surface area contributed by atoms with Gasteiger partial charge in [-0.25, -0.2) is 0 Å². The Bertz CT molecular complexity index is 754. The number of allylic oxidation sites excluding steroid dienone is 1. The van der Waals surface area contributed by atoms with Crippen molar-refractivity contribution in [3.63, 3.8) is 0 Å². The van der Waals surface area contributed by atoms with Crippen LogP contribution < -0.4 is 14.4 Å². The molecule has 4 nitrogen and oxygen atoms in total. The van der Waals surface area contributed by atoms with Gasteiger partial charge in [-0.15, -0.1) is 6.58 Å². The first kappa shape index (κ1) is 21.4. The first-order chi connectivity index (χ1) is 14.2. The van der Waals surface area contributed by atoms with Crippen LogP contribution in [0.4, 0.5) is 0 Å². The summed E-state index contributed by atoms with van der Waals surface area (Å²) in [5.74, 6) is 2.13. The molecule has 29 heavy (non-hydrogen) atoms. The molecule has 1 aliphatic heterocycles. The van der Waals surface area contributed by atoms with Crippen LogP contribution in [0.2, 0.25) is 0 Å². The lowest BCUT2D eigenvalue weighted by molar-refractivity contribution is -0.909. The molecule has 156 valence electrons. The van der Waals surface area contributed by atoms with Crippen molar-refractivity contribution in [1.29, 1.82) is 0 Å². The second kappa shape index (κ2) is 11.0. The zero-order valence-electron chi connectivity index (χ0n) is 17.5. The maximum absolute atomic E-state index is 10.5. The predicted molar refractivity (Wildman–Crippen MR) is 117 cm³/mol. The first-order valence-corrected chi connectivity index (χ1v) is 10.6. The van der Waals surface area contributed by atoms with Gasteiger partial charge in [-0.3, -0.25) is 0 Å². The van der Waals surface area contributed by atoms with Crippen LogP contribution >= 0.6 is 0 Å². The number of nitrogens with one attached hydrogen (secondary N) is 1. The van der Waals surface area contributed by atoms with E-state index in [2.05, 4.69) is 36.9 Å². The number of benzene rings is 2. The van der Waals surface area contributed by atoms with Gasteiger partial charge in [0.2, 0.25) is 0 Å². The molecular formula is C25H34NO3+. The first-order valence-electron chi connectivity index (χ1n) is 10.6. The number of aliphatic hydroxyl groups excluding tert-OH is 1. The van der Waals surface area contributed by atoms with E-state index < -0.39 is 6.10 Å².